The quantitative estimate of drug-likeness (QED) is 0.869. The molecule has 0 bridgehead atoms. The van der Waals surface area contributed by atoms with Gasteiger partial charge in [-0.15, -0.1) is 11.8 Å². The van der Waals surface area contributed by atoms with Gasteiger partial charge in [0.1, 0.15) is 6.04 Å². The molecule has 0 unspecified atom stereocenters. The summed E-state index contributed by atoms with van der Waals surface area (Å²) in [5.74, 6) is -0.667. The predicted octanol–water partition coefficient (Wildman–Crippen LogP) is 2.86. The fourth-order valence-electron chi connectivity index (χ4n) is 2.67. The van der Waals surface area contributed by atoms with E-state index in [0.29, 0.717) is 18.7 Å². The van der Waals surface area contributed by atoms with E-state index in [1.54, 1.807) is 0 Å². The molecule has 0 saturated carbocycles. The maximum absolute atomic E-state index is 12.3. The first-order valence-electron chi connectivity index (χ1n) is 7.21. The number of likely N-dealkylation sites (tertiary alicyclic amines) is 1. The highest BCUT2D eigenvalue weighted by atomic mass is 32.2. The third kappa shape index (κ3) is 4.00. The summed E-state index contributed by atoms with van der Waals surface area (Å²) in [7, 11) is 0. The van der Waals surface area contributed by atoms with E-state index in [2.05, 4.69) is 6.07 Å². The van der Waals surface area contributed by atoms with E-state index in [9.17, 15) is 14.7 Å². The number of carbonyl (C=O) groups is 2. The van der Waals surface area contributed by atoms with Crippen molar-refractivity contribution in [3.05, 3.63) is 29.3 Å². The second-order valence-corrected chi connectivity index (χ2v) is 6.51. The zero-order valence-corrected chi connectivity index (χ0v) is 13.3. The van der Waals surface area contributed by atoms with E-state index < -0.39 is 12.0 Å². The molecule has 114 valence electrons. The Morgan fingerprint density at radius 2 is 2.10 bits per heavy atom. The largest absolute Gasteiger partial charge is 0.480 e. The van der Waals surface area contributed by atoms with Crippen molar-refractivity contribution in [3.63, 3.8) is 0 Å². The number of aliphatic carboxylic acids is 1. The minimum atomic E-state index is -0.889. The molecular formula is C16H21NO3S. The van der Waals surface area contributed by atoms with Crippen molar-refractivity contribution in [2.75, 3.05) is 12.3 Å². The van der Waals surface area contributed by atoms with Crippen molar-refractivity contribution in [1.82, 2.24) is 4.90 Å². The Hall–Kier alpha value is -1.49. The Morgan fingerprint density at radius 3 is 2.76 bits per heavy atom. The zero-order valence-electron chi connectivity index (χ0n) is 12.5. The molecule has 1 aromatic rings. The summed E-state index contributed by atoms with van der Waals surface area (Å²) in [4.78, 5) is 26.2. The Morgan fingerprint density at radius 1 is 1.33 bits per heavy atom. The standard InChI is InChI=1S/C16H21NO3S/c1-11-6-7-14(12(2)9-11)21-10-15(18)17-8-4-3-5-13(17)16(19)20/h6-7,9,13H,3-5,8,10H2,1-2H3,(H,19,20)/t13-/m1/s1. The monoisotopic (exact) mass is 307 g/mol. The average Bonchev–Trinajstić information content (AvgIpc) is 2.46. The molecule has 1 aromatic carbocycles. The molecule has 1 heterocycles. The highest BCUT2D eigenvalue weighted by Gasteiger charge is 2.31. The van der Waals surface area contributed by atoms with Crippen LogP contribution >= 0.6 is 11.8 Å². The van der Waals surface area contributed by atoms with Gasteiger partial charge in [0.2, 0.25) is 5.91 Å². The van der Waals surface area contributed by atoms with Crippen LogP contribution in [0.3, 0.4) is 0 Å². The lowest BCUT2D eigenvalue weighted by atomic mass is 10.0. The van der Waals surface area contributed by atoms with Crippen LogP contribution in [0.25, 0.3) is 0 Å². The molecule has 0 spiro atoms. The highest BCUT2D eigenvalue weighted by molar-refractivity contribution is 8.00. The van der Waals surface area contributed by atoms with Crippen LogP contribution in [0.1, 0.15) is 30.4 Å². The molecule has 21 heavy (non-hydrogen) atoms. The zero-order chi connectivity index (χ0) is 15.4. The summed E-state index contributed by atoms with van der Waals surface area (Å²) in [5.41, 5.74) is 2.35. The first-order chi connectivity index (χ1) is 9.99. The van der Waals surface area contributed by atoms with E-state index in [1.165, 1.54) is 22.2 Å². The maximum atomic E-state index is 12.3. The van der Waals surface area contributed by atoms with E-state index >= 15 is 0 Å². The van der Waals surface area contributed by atoms with Crippen molar-refractivity contribution in [2.24, 2.45) is 0 Å². The summed E-state index contributed by atoms with van der Waals surface area (Å²) < 4.78 is 0. The molecule has 1 saturated heterocycles. The highest BCUT2D eigenvalue weighted by Crippen LogP contribution is 2.25. The summed E-state index contributed by atoms with van der Waals surface area (Å²) in [5, 5.41) is 9.22. The predicted molar refractivity (Wildman–Crippen MR) is 83.6 cm³/mol. The second kappa shape index (κ2) is 6.98. The van der Waals surface area contributed by atoms with Gasteiger partial charge in [-0.25, -0.2) is 4.79 Å². The summed E-state index contributed by atoms with van der Waals surface area (Å²) in [6, 6.07) is 5.49. The number of piperidine rings is 1. The van der Waals surface area contributed by atoms with Gasteiger partial charge in [-0.05, 0) is 44.7 Å². The molecule has 2 rings (SSSR count). The molecule has 1 amide bonds. The van der Waals surface area contributed by atoms with Crippen LogP contribution in [-0.2, 0) is 9.59 Å². The van der Waals surface area contributed by atoms with Gasteiger partial charge in [-0.2, -0.15) is 0 Å². The van der Waals surface area contributed by atoms with Crippen LogP contribution in [0.5, 0.6) is 0 Å². The van der Waals surface area contributed by atoms with Crippen LogP contribution in [0.15, 0.2) is 23.1 Å². The van der Waals surface area contributed by atoms with Gasteiger partial charge in [0.05, 0.1) is 5.75 Å². The Kier molecular flexibility index (Phi) is 5.28. The molecule has 0 radical (unpaired) electrons. The number of thioether (sulfide) groups is 1. The van der Waals surface area contributed by atoms with Gasteiger partial charge in [0.15, 0.2) is 0 Å². The third-order valence-corrected chi connectivity index (χ3v) is 4.95. The molecule has 1 N–H and O–H groups in total. The third-order valence-electron chi connectivity index (χ3n) is 3.79. The number of hydrogen-bond donors (Lipinski definition) is 1. The van der Waals surface area contributed by atoms with Crippen molar-refractivity contribution in [1.29, 1.82) is 0 Å². The average molecular weight is 307 g/mol. The van der Waals surface area contributed by atoms with Crippen LogP contribution < -0.4 is 0 Å². The van der Waals surface area contributed by atoms with Gasteiger partial charge >= 0.3 is 5.97 Å². The summed E-state index contributed by atoms with van der Waals surface area (Å²) in [6.07, 6.45) is 2.34. The van der Waals surface area contributed by atoms with Crippen molar-refractivity contribution < 1.29 is 14.7 Å². The number of rotatable bonds is 4. The van der Waals surface area contributed by atoms with Gasteiger partial charge < -0.3 is 10.0 Å². The van der Waals surface area contributed by atoms with Gasteiger partial charge in [0, 0.05) is 11.4 Å². The van der Waals surface area contributed by atoms with Gasteiger partial charge in [-0.3, -0.25) is 4.79 Å². The molecular weight excluding hydrogens is 286 g/mol. The van der Waals surface area contributed by atoms with Crippen LogP contribution in [-0.4, -0.2) is 40.2 Å². The van der Waals surface area contributed by atoms with E-state index in [4.69, 9.17) is 0 Å². The molecule has 1 aliphatic heterocycles. The fourth-order valence-corrected chi connectivity index (χ4v) is 3.57. The number of benzene rings is 1. The normalized spacial score (nSPS) is 18.6. The minimum absolute atomic E-state index is 0.0768. The van der Waals surface area contributed by atoms with Crippen LogP contribution in [0, 0.1) is 13.8 Å². The lowest BCUT2D eigenvalue weighted by Gasteiger charge is -2.32. The number of aryl methyl sites for hydroxylation is 2. The summed E-state index contributed by atoms with van der Waals surface area (Å²) in [6.45, 7) is 4.63. The fraction of sp³-hybridized carbons (Fsp3) is 0.500. The smallest absolute Gasteiger partial charge is 0.326 e. The number of carbonyl (C=O) groups excluding carboxylic acids is 1. The molecule has 1 fully saturated rings. The molecule has 4 nitrogen and oxygen atoms in total. The van der Waals surface area contributed by atoms with E-state index in [0.717, 1.165) is 23.3 Å². The number of amides is 1. The van der Waals surface area contributed by atoms with E-state index in [-0.39, 0.29) is 5.91 Å². The Labute approximate surface area is 129 Å². The van der Waals surface area contributed by atoms with Crippen molar-refractivity contribution >= 4 is 23.6 Å². The lowest BCUT2D eigenvalue weighted by Crippen LogP contribution is -2.48. The van der Waals surface area contributed by atoms with E-state index in [1.807, 2.05) is 26.0 Å². The van der Waals surface area contributed by atoms with Gasteiger partial charge in [-0.1, -0.05) is 17.7 Å². The molecule has 0 aliphatic carbocycles. The maximum Gasteiger partial charge on any atom is 0.326 e. The Balaban J connectivity index is 1.98. The van der Waals surface area contributed by atoms with Crippen molar-refractivity contribution in [2.45, 2.75) is 44.0 Å². The van der Waals surface area contributed by atoms with Crippen LogP contribution in [0.4, 0.5) is 0 Å². The summed E-state index contributed by atoms with van der Waals surface area (Å²) >= 11 is 1.49. The van der Waals surface area contributed by atoms with Crippen LogP contribution in [0.2, 0.25) is 0 Å². The number of hydrogen-bond acceptors (Lipinski definition) is 3. The lowest BCUT2D eigenvalue weighted by molar-refractivity contribution is -0.150. The second-order valence-electron chi connectivity index (χ2n) is 5.49. The molecule has 0 aromatic heterocycles. The molecule has 1 aliphatic rings. The first kappa shape index (κ1) is 15.9. The topological polar surface area (TPSA) is 57.6 Å². The number of carboxylic acids is 1. The minimum Gasteiger partial charge on any atom is -0.480 e. The number of carboxylic acid groups (broad SMARTS) is 1. The SMILES string of the molecule is Cc1ccc(SCC(=O)N2CCCC[C@@H]2C(=O)O)c(C)c1. The molecule has 1 atom stereocenters. The number of nitrogens with zero attached hydrogens (tertiary/aromatic N) is 1. The molecule has 5 heteroatoms. The van der Waals surface area contributed by atoms with Gasteiger partial charge in [0.25, 0.3) is 0 Å². The van der Waals surface area contributed by atoms with Crippen molar-refractivity contribution in [3.8, 4) is 0 Å². The first-order valence-corrected chi connectivity index (χ1v) is 8.20. The Bertz CT molecular complexity index is 544.